The molecule has 1 aliphatic heterocycles. The second-order valence-electron chi connectivity index (χ2n) is 7.99. The molecule has 0 fully saturated rings. The zero-order valence-electron chi connectivity index (χ0n) is 18.9. The molecular formula is C27H21ClN2O5S. The standard InChI is InChI=1S/C27H21ClN2O5S/c28-19-10-16-23(17-11-19)36(32,33)30-18-26(35-25-9-5-4-8-24(25)30)27(31)29-20-12-14-22(15-13-20)34-21-6-2-1-3-7-21/h1-17,26H,18H2,(H,29,31). The van der Waals surface area contributed by atoms with Crippen LogP contribution >= 0.6 is 11.6 Å². The fourth-order valence-corrected chi connectivity index (χ4v) is 5.36. The summed E-state index contributed by atoms with van der Waals surface area (Å²) in [6.07, 6.45) is -1.07. The number of nitrogens with zero attached hydrogens (tertiary/aromatic N) is 1. The van der Waals surface area contributed by atoms with Gasteiger partial charge in [-0.2, -0.15) is 0 Å². The van der Waals surface area contributed by atoms with Gasteiger partial charge < -0.3 is 14.8 Å². The first-order valence-corrected chi connectivity index (χ1v) is 12.9. The van der Waals surface area contributed by atoms with Crippen molar-refractivity contribution in [2.24, 2.45) is 0 Å². The van der Waals surface area contributed by atoms with Gasteiger partial charge in [0.1, 0.15) is 17.2 Å². The van der Waals surface area contributed by atoms with E-state index >= 15 is 0 Å². The van der Waals surface area contributed by atoms with Crippen LogP contribution in [0.5, 0.6) is 17.2 Å². The minimum absolute atomic E-state index is 0.0665. The van der Waals surface area contributed by atoms with Gasteiger partial charge in [-0.15, -0.1) is 0 Å². The number of sulfonamides is 1. The van der Waals surface area contributed by atoms with Crippen LogP contribution in [0.4, 0.5) is 11.4 Å². The van der Waals surface area contributed by atoms with Gasteiger partial charge in [0.15, 0.2) is 6.10 Å². The minimum Gasteiger partial charge on any atom is -0.476 e. The summed E-state index contributed by atoms with van der Waals surface area (Å²) in [4.78, 5) is 13.2. The highest BCUT2D eigenvalue weighted by atomic mass is 35.5. The van der Waals surface area contributed by atoms with Gasteiger partial charge in [0.25, 0.3) is 15.9 Å². The minimum atomic E-state index is -3.97. The number of fused-ring (bicyclic) bond motifs is 1. The van der Waals surface area contributed by atoms with Gasteiger partial charge in [-0.25, -0.2) is 8.42 Å². The van der Waals surface area contributed by atoms with E-state index in [0.29, 0.717) is 33.6 Å². The lowest BCUT2D eigenvalue weighted by atomic mass is 10.2. The van der Waals surface area contributed by atoms with Crippen LogP contribution in [0.25, 0.3) is 0 Å². The number of benzene rings is 4. The highest BCUT2D eigenvalue weighted by molar-refractivity contribution is 7.92. The SMILES string of the molecule is O=C(Nc1ccc(Oc2ccccc2)cc1)C1CN(S(=O)(=O)c2ccc(Cl)cc2)c2ccccc2O1. The quantitative estimate of drug-likeness (QED) is 0.351. The van der Waals surface area contributed by atoms with Crippen LogP contribution in [-0.4, -0.2) is 27.0 Å². The third-order valence-electron chi connectivity index (χ3n) is 5.53. The highest BCUT2D eigenvalue weighted by Crippen LogP contribution is 2.37. The van der Waals surface area contributed by atoms with Crippen molar-refractivity contribution in [2.75, 3.05) is 16.2 Å². The summed E-state index contributed by atoms with van der Waals surface area (Å²) < 4.78 is 39.8. The van der Waals surface area contributed by atoms with Crippen molar-refractivity contribution in [3.63, 3.8) is 0 Å². The van der Waals surface area contributed by atoms with Crippen molar-refractivity contribution < 1.29 is 22.7 Å². The number of ether oxygens (including phenoxy) is 2. The monoisotopic (exact) mass is 520 g/mol. The maximum absolute atomic E-state index is 13.5. The first-order valence-electron chi connectivity index (χ1n) is 11.1. The molecular weight excluding hydrogens is 500 g/mol. The van der Waals surface area contributed by atoms with E-state index in [4.69, 9.17) is 21.1 Å². The maximum Gasteiger partial charge on any atom is 0.267 e. The first kappa shape index (κ1) is 23.7. The molecule has 0 saturated heterocycles. The van der Waals surface area contributed by atoms with E-state index in [1.165, 1.54) is 28.6 Å². The molecule has 5 rings (SSSR count). The summed E-state index contributed by atoms with van der Waals surface area (Å²) in [6.45, 7) is -0.191. The van der Waals surface area contributed by atoms with Gasteiger partial charge in [0.05, 0.1) is 17.1 Å². The molecule has 1 amide bonds. The van der Waals surface area contributed by atoms with Crippen LogP contribution < -0.4 is 19.1 Å². The molecule has 0 aliphatic carbocycles. The van der Waals surface area contributed by atoms with Gasteiger partial charge in [0, 0.05) is 10.7 Å². The highest BCUT2D eigenvalue weighted by Gasteiger charge is 2.37. The Hall–Kier alpha value is -4.01. The molecule has 0 saturated carbocycles. The van der Waals surface area contributed by atoms with E-state index in [0.717, 1.165) is 0 Å². The second-order valence-corrected chi connectivity index (χ2v) is 10.3. The molecule has 1 unspecified atom stereocenters. The number of carbonyl (C=O) groups excluding carboxylic acids is 1. The van der Waals surface area contributed by atoms with Crippen molar-refractivity contribution in [2.45, 2.75) is 11.0 Å². The Kier molecular flexibility index (Phi) is 6.54. The Morgan fingerprint density at radius 1 is 0.861 bits per heavy atom. The largest absolute Gasteiger partial charge is 0.476 e. The van der Waals surface area contributed by atoms with Crippen LogP contribution in [0.15, 0.2) is 108 Å². The number of nitrogens with one attached hydrogen (secondary N) is 1. The smallest absolute Gasteiger partial charge is 0.267 e. The number of amides is 1. The van der Waals surface area contributed by atoms with E-state index in [2.05, 4.69) is 5.32 Å². The Labute approximate surface area is 213 Å². The number of carbonyl (C=O) groups is 1. The summed E-state index contributed by atoms with van der Waals surface area (Å²) in [6, 6.07) is 28.8. The van der Waals surface area contributed by atoms with Crippen molar-refractivity contribution in [1.82, 2.24) is 0 Å². The van der Waals surface area contributed by atoms with Gasteiger partial charge in [-0.3, -0.25) is 9.10 Å². The van der Waals surface area contributed by atoms with Gasteiger partial charge in [-0.1, -0.05) is 41.9 Å². The molecule has 0 aromatic heterocycles. The predicted octanol–water partition coefficient (Wildman–Crippen LogP) is 5.73. The summed E-state index contributed by atoms with van der Waals surface area (Å²) in [5, 5.41) is 3.22. The van der Waals surface area contributed by atoms with Crippen molar-refractivity contribution in [3.05, 3.63) is 108 Å². The lowest BCUT2D eigenvalue weighted by Crippen LogP contribution is -2.48. The lowest BCUT2D eigenvalue weighted by molar-refractivity contribution is -0.122. The molecule has 9 heteroatoms. The van der Waals surface area contributed by atoms with Crippen LogP contribution in [0.1, 0.15) is 0 Å². The van der Waals surface area contributed by atoms with Crippen LogP contribution in [-0.2, 0) is 14.8 Å². The summed E-state index contributed by atoms with van der Waals surface area (Å²) in [7, 11) is -3.97. The number of halogens is 1. The van der Waals surface area contributed by atoms with Crippen LogP contribution in [0.3, 0.4) is 0 Å². The molecule has 7 nitrogen and oxygen atoms in total. The van der Waals surface area contributed by atoms with Crippen molar-refractivity contribution >= 4 is 38.9 Å². The molecule has 4 aromatic carbocycles. The number of hydrogen-bond donors (Lipinski definition) is 1. The Morgan fingerprint density at radius 2 is 1.50 bits per heavy atom. The summed E-state index contributed by atoms with van der Waals surface area (Å²) in [5.41, 5.74) is 0.883. The molecule has 1 heterocycles. The zero-order valence-corrected chi connectivity index (χ0v) is 20.4. The van der Waals surface area contributed by atoms with Crippen molar-refractivity contribution in [1.29, 1.82) is 0 Å². The van der Waals surface area contributed by atoms with Crippen LogP contribution in [0.2, 0.25) is 5.02 Å². The fraction of sp³-hybridized carbons (Fsp3) is 0.0741. The van der Waals surface area contributed by atoms with Gasteiger partial charge in [-0.05, 0) is 72.8 Å². The zero-order chi connectivity index (χ0) is 25.1. The van der Waals surface area contributed by atoms with E-state index < -0.39 is 22.0 Å². The number of para-hydroxylation sites is 3. The molecule has 0 radical (unpaired) electrons. The van der Waals surface area contributed by atoms with E-state index in [1.807, 2.05) is 30.3 Å². The topological polar surface area (TPSA) is 84.9 Å². The maximum atomic E-state index is 13.5. The number of anilines is 2. The van der Waals surface area contributed by atoms with E-state index in [-0.39, 0.29) is 11.4 Å². The third-order valence-corrected chi connectivity index (χ3v) is 7.58. The molecule has 1 aliphatic rings. The molecule has 0 bridgehead atoms. The Morgan fingerprint density at radius 3 is 2.22 bits per heavy atom. The Bertz CT molecular complexity index is 1480. The molecule has 36 heavy (non-hydrogen) atoms. The van der Waals surface area contributed by atoms with E-state index in [1.54, 1.807) is 48.5 Å². The molecule has 0 spiro atoms. The molecule has 182 valence electrons. The number of hydrogen-bond acceptors (Lipinski definition) is 5. The predicted molar refractivity (Wildman–Crippen MR) is 138 cm³/mol. The third kappa shape index (κ3) is 5.00. The number of rotatable bonds is 6. The Balaban J connectivity index is 1.34. The molecule has 4 aromatic rings. The molecule has 1 atom stereocenters. The van der Waals surface area contributed by atoms with Gasteiger partial charge >= 0.3 is 0 Å². The van der Waals surface area contributed by atoms with Gasteiger partial charge in [0.2, 0.25) is 0 Å². The summed E-state index contributed by atoms with van der Waals surface area (Å²) >= 11 is 5.93. The summed E-state index contributed by atoms with van der Waals surface area (Å²) in [5.74, 6) is 1.14. The van der Waals surface area contributed by atoms with E-state index in [9.17, 15) is 13.2 Å². The second kappa shape index (κ2) is 9.93. The normalized spacial score (nSPS) is 14.9. The average molecular weight is 521 g/mol. The molecule has 1 N–H and O–H groups in total. The average Bonchev–Trinajstić information content (AvgIpc) is 2.90. The fourth-order valence-electron chi connectivity index (χ4n) is 3.75. The first-order chi connectivity index (χ1) is 17.4. The van der Waals surface area contributed by atoms with Crippen LogP contribution in [0, 0.1) is 0 Å². The van der Waals surface area contributed by atoms with Crippen molar-refractivity contribution in [3.8, 4) is 17.2 Å². The lowest BCUT2D eigenvalue weighted by Gasteiger charge is -2.34.